The second-order valence-corrected chi connectivity index (χ2v) is 5.67. The number of carbonyl (C=O) groups is 2. The summed E-state index contributed by atoms with van der Waals surface area (Å²) in [6, 6.07) is 18.1. The molecule has 0 aliphatic rings. The third-order valence-electron chi connectivity index (χ3n) is 3.19. The highest BCUT2D eigenvalue weighted by Crippen LogP contribution is 2.15. The Balaban J connectivity index is 2.02. The van der Waals surface area contributed by atoms with E-state index < -0.39 is 5.54 Å². The zero-order valence-corrected chi connectivity index (χ0v) is 12.3. The zero-order valence-electron chi connectivity index (χ0n) is 12.3. The van der Waals surface area contributed by atoms with Crippen LogP contribution in [0.25, 0.3) is 0 Å². The smallest absolute Gasteiger partial charge is 0.251 e. The molecule has 0 fully saturated rings. The first-order valence-corrected chi connectivity index (χ1v) is 6.94. The van der Waals surface area contributed by atoms with Crippen LogP contribution < -0.4 is 5.32 Å². The minimum Gasteiger partial charge on any atom is -0.347 e. The summed E-state index contributed by atoms with van der Waals surface area (Å²) in [6.45, 7) is 3.71. The van der Waals surface area contributed by atoms with Crippen molar-refractivity contribution in [2.45, 2.75) is 25.8 Å². The maximum absolute atomic E-state index is 12.2. The van der Waals surface area contributed by atoms with Gasteiger partial charge in [-0.15, -0.1) is 0 Å². The molecule has 1 N–H and O–H groups in total. The van der Waals surface area contributed by atoms with Crippen LogP contribution >= 0.6 is 0 Å². The number of hydrogen-bond acceptors (Lipinski definition) is 2. The molecule has 2 aromatic rings. The predicted octanol–water partition coefficient (Wildman–Crippen LogP) is 3.47. The molecule has 0 saturated carbocycles. The molecule has 0 radical (unpaired) electrons. The molecule has 1 amide bonds. The Morgan fingerprint density at radius 2 is 1.33 bits per heavy atom. The first-order chi connectivity index (χ1) is 9.98. The van der Waals surface area contributed by atoms with Gasteiger partial charge in [0.25, 0.3) is 5.91 Å². The number of amides is 1. The Labute approximate surface area is 125 Å². The highest BCUT2D eigenvalue weighted by molar-refractivity contribution is 5.98. The Kier molecular flexibility index (Phi) is 4.53. The lowest BCUT2D eigenvalue weighted by atomic mass is 9.93. The third-order valence-corrected chi connectivity index (χ3v) is 3.19. The van der Waals surface area contributed by atoms with Gasteiger partial charge in [-0.3, -0.25) is 9.59 Å². The number of hydrogen-bond donors (Lipinski definition) is 1. The molecule has 3 nitrogen and oxygen atoms in total. The maximum Gasteiger partial charge on any atom is 0.251 e. The van der Waals surface area contributed by atoms with E-state index in [0.29, 0.717) is 11.1 Å². The van der Waals surface area contributed by atoms with Crippen LogP contribution in [0.1, 0.15) is 41.0 Å². The van der Waals surface area contributed by atoms with E-state index in [4.69, 9.17) is 0 Å². The molecule has 0 aliphatic heterocycles. The van der Waals surface area contributed by atoms with Gasteiger partial charge in [-0.05, 0) is 26.0 Å². The van der Waals surface area contributed by atoms with E-state index in [2.05, 4.69) is 5.32 Å². The van der Waals surface area contributed by atoms with Gasteiger partial charge in [0, 0.05) is 23.1 Å². The Hall–Kier alpha value is -2.42. The van der Waals surface area contributed by atoms with E-state index in [-0.39, 0.29) is 18.1 Å². The van der Waals surface area contributed by atoms with E-state index in [1.807, 2.05) is 50.2 Å². The number of Topliss-reactive ketones (excluding diaryl/α,β-unsaturated/α-hetero) is 1. The van der Waals surface area contributed by atoms with Crippen molar-refractivity contribution in [2.24, 2.45) is 0 Å². The van der Waals surface area contributed by atoms with Gasteiger partial charge in [-0.1, -0.05) is 48.5 Å². The van der Waals surface area contributed by atoms with E-state index >= 15 is 0 Å². The quantitative estimate of drug-likeness (QED) is 0.853. The summed E-state index contributed by atoms with van der Waals surface area (Å²) in [4.78, 5) is 24.4. The summed E-state index contributed by atoms with van der Waals surface area (Å²) in [7, 11) is 0. The minimum absolute atomic E-state index is 0.0222. The number of carbonyl (C=O) groups excluding carboxylic acids is 2. The van der Waals surface area contributed by atoms with Gasteiger partial charge in [0.05, 0.1) is 0 Å². The highest BCUT2D eigenvalue weighted by Gasteiger charge is 2.25. The second-order valence-electron chi connectivity index (χ2n) is 5.67. The van der Waals surface area contributed by atoms with Crippen LogP contribution in [0.3, 0.4) is 0 Å². The summed E-state index contributed by atoms with van der Waals surface area (Å²) in [5.41, 5.74) is 0.664. The SMILES string of the molecule is CC(C)(CC(=O)c1ccccc1)NC(=O)c1ccccc1. The molecular weight excluding hydrogens is 262 g/mol. The number of benzene rings is 2. The van der Waals surface area contributed by atoms with Gasteiger partial charge in [0.15, 0.2) is 5.78 Å². The van der Waals surface area contributed by atoms with Crippen LogP contribution in [0, 0.1) is 0 Å². The standard InChI is InChI=1S/C18H19NO2/c1-18(2,13-16(20)14-9-5-3-6-10-14)19-17(21)15-11-7-4-8-12-15/h3-12H,13H2,1-2H3,(H,19,21). The average Bonchev–Trinajstić information content (AvgIpc) is 2.48. The second kappa shape index (κ2) is 6.35. The van der Waals surface area contributed by atoms with Crippen molar-refractivity contribution in [3.8, 4) is 0 Å². The fourth-order valence-electron chi connectivity index (χ4n) is 2.14. The summed E-state index contributed by atoms with van der Waals surface area (Å²) in [6.07, 6.45) is 0.260. The molecule has 0 saturated heterocycles. The van der Waals surface area contributed by atoms with Gasteiger partial charge in [-0.2, -0.15) is 0 Å². The van der Waals surface area contributed by atoms with E-state index in [1.54, 1.807) is 24.3 Å². The normalized spacial score (nSPS) is 11.0. The predicted molar refractivity (Wildman–Crippen MR) is 83.4 cm³/mol. The molecular formula is C18H19NO2. The molecule has 2 aromatic carbocycles. The molecule has 0 heterocycles. The average molecular weight is 281 g/mol. The first kappa shape index (κ1) is 15.0. The van der Waals surface area contributed by atoms with Crippen LogP contribution in [-0.4, -0.2) is 17.2 Å². The lowest BCUT2D eigenvalue weighted by Crippen LogP contribution is -2.44. The molecule has 3 heteroatoms. The number of nitrogens with one attached hydrogen (secondary N) is 1. The third kappa shape index (κ3) is 4.28. The van der Waals surface area contributed by atoms with Crippen LogP contribution in [-0.2, 0) is 0 Å². The molecule has 0 atom stereocenters. The van der Waals surface area contributed by atoms with Crippen molar-refractivity contribution >= 4 is 11.7 Å². The monoisotopic (exact) mass is 281 g/mol. The molecule has 2 rings (SSSR count). The molecule has 0 unspecified atom stereocenters. The summed E-state index contributed by atoms with van der Waals surface area (Å²) in [5, 5.41) is 2.91. The lowest BCUT2D eigenvalue weighted by Gasteiger charge is -2.25. The van der Waals surface area contributed by atoms with Crippen molar-refractivity contribution in [3.05, 3.63) is 71.8 Å². The molecule has 0 bridgehead atoms. The minimum atomic E-state index is -0.597. The van der Waals surface area contributed by atoms with E-state index in [9.17, 15) is 9.59 Å². The fraction of sp³-hybridized carbons (Fsp3) is 0.222. The van der Waals surface area contributed by atoms with Crippen LogP contribution in [0.15, 0.2) is 60.7 Å². The summed E-state index contributed by atoms with van der Waals surface area (Å²) >= 11 is 0. The molecule has 21 heavy (non-hydrogen) atoms. The summed E-state index contributed by atoms with van der Waals surface area (Å²) < 4.78 is 0. The van der Waals surface area contributed by atoms with Crippen molar-refractivity contribution in [2.75, 3.05) is 0 Å². The van der Waals surface area contributed by atoms with Crippen molar-refractivity contribution in [3.63, 3.8) is 0 Å². The van der Waals surface area contributed by atoms with Crippen molar-refractivity contribution in [1.29, 1.82) is 0 Å². The maximum atomic E-state index is 12.2. The van der Waals surface area contributed by atoms with Gasteiger partial charge in [0.1, 0.15) is 0 Å². The first-order valence-electron chi connectivity index (χ1n) is 6.94. The lowest BCUT2D eigenvalue weighted by molar-refractivity contribution is 0.0876. The van der Waals surface area contributed by atoms with Crippen molar-refractivity contribution < 1.29 is 9.59 Å². The molecule has 108 valence electrons. The largest absolute Gasteiger partial charge is 0.347 e. The number of rotatable bonds is 5. The highest BCUT2D eigenvalue weighted by atomic mass is 16.2. The van der Waals surface area contributed by atoms with Gasteiger partial charge < -0.3 is 5.32 Å². The fourth-order valence-corrected chi connectivity index (χ4v) is 2.14. The van der Waals surface area contributed by atoms with E-state index in [0.717, 1.165) is 0 Å². The Morgan fingerprint density at radius 3 is 1.86 bits per heavy atom. The molecule has 0 spiro atoms. The van der Waals surface area contributed by atoms with Gasteiger partial charge in [-0.25, -0.2) is 0 Å². The van der Waals surface area contributed by atoms with Crippen LogP contribution in [0.4, 0.5) is 0 Å². The molecule has 0 aromatic heterocycles. The van der Waals surface area contributed by atoms with Crippen molar-refractivity contribution in [1.82, 2.24) is 5.32 Å². The summed E-state index contributed by atoms with van der Waals surface area (Å²) in [5.74, 6) is -0.143. The zero-order chi connectivity index (χ0) is 15.3. The van der Waals surface area contributed by atoms with Crippen LogP contribution in [0.2, 0.25) is 0 Å². The van der Waals surface area contributed by atoms with E-state index in [1.165, 1.54) is 0 Å². The van der Waals surface area contributed by atoms with Gasteiger partial charge >= 0.3 is 0 Å². The molecule has 0 aliphatic carbocycles. The van der Waals surface area contributed by atoms with Gasteiger partial charge in [0.2, 0.25) is 0 Å². The topological polar surface area (TPSA) is 46.2 Å². The number of ketones is 1. The Morgan fingerprint density at radius 1 is 0.857 bits per heavy atom. The van der Waals surface area contributed by atoms with Crippen LogP contribution in [0.5, 0.6) is 0 Å². The Bertz CT molecular complexity index is 563.